The van der Waals surface area contributed by atoms with Crippen LogP contribution in [0.25, 0.3) is 0 Å². The molecule has 1 aromatic rings. The van der Waals surface area contributed by atoms with Crippen LogP contribution in [0.1, 0.15) is 25.2 Å². The van der Waals surface area contributed by atoms with E-state index in [2.05, 4.69) is 4.98 Å². The molecule has 1 rings (SSSR count). The van der Waals surface area contributed by atoms with E-state index < -0.39 is 11.5 Å². The van der Waals surface area contributed by atoms with Gasteiger partial charge in [-0.05, 0) is 26.0 Å². The van der Waals surface area contributed by atoms with Crippen LogP contribution in [0.3, 0.4) is 0 Å². The Kier molecular flexibility index (Phi) is 2.86. The number of carbonyl (C=O) groups is 1. The maximum absolute atomic E-state index is 10.6. The number of amides is 1. The molecular weight excluding hydrogens is 180 g/mol. The van der Waals surface area contributed by atoms with E-state index >= 15 is 0 Å². The van der Waals surface area contributed by atoms with Gasteiger partial charge in [-0.2, -0.15) is 0 Å². The van der Waals surface area contributed by atoms with Gasteiger partial charge in [0.2, 0.25) is 5.91 Å². The van der Waals surface area contributed by atoms with Crippen LogP contribution in [-0.2, 0) is 16.8 Å². The summed E-state index contributed by atoms with van der Waals surface area (Å²) < 4.78 is 0. The molecule has 4 nitrogen and oxygen atoms in total. The maximum Gasteiger partial charge on any atom is 0.223 e. The van der Waals surface area contributed by atoms with Gasteiger partial charge in [0.05, 0.1) is 17.8 Å². The first kappa shape index (κ1) is 10.7. The van der Waals surface area contributed by atoms with E-state index in [9.17, 15) is 9.90 Å². The summed E-state index contributed by atoms with van der Waals surface area (Å²) in [6.07, 6.45) is 0.101. The zero-order chi connectivity index (χ0) is 10.8. The van der Waals surface area contributed by atoms with Gasteiger partial charge >= 0.3 is 0 Å². The topological polar surface area (TPSA) is 76.2 Å². The number of aromatic nitrogens is 1. The molecule has 76 valence electrons. The molecule has 0 aliphatic rings. The van der Waals surface area contributed by atoms with E-state index in [1.54, 1.807) is 32.0 Å². The highest BCUT2D eigenvalue weighted by molar-refractivity contribution is 5.76. The molecule has 0 aromatic carbocycles. The van der Waals surface area contributed by atoms with Crippen molar-refractivity contribution in [3.05, 3.63) is 29.6 Å². The third-order valence-electron chi connectivity index (χ3n) is 1.79. The van der Waals surface area contributed by atoms with Crippen molar-refractivity contribution in [2.75, 3.05) is 0 Å². The van der Waals surface area contributed by atoms with Gasteiger partial charge in [-0.1, -0.05) is 6.07 Å². The second-order valence-corrected chi connectivity index (χ2v) is 3.72. The number of carbonyl (C=O) groups excluding carboxylic acids is 1. The predicted molar refractivity (Wildman–Crippen MR) is 52.4 cm³/mol. The second kappa shape index (κ2) is 3.75. The molecule has 0 atom stereocenters. The lowest BCUT2D eigenvalue weighted by molar-refractivity contribution is -0.117. The van der Waals surface area contributed by atoms with Crippen molar-refractivity contribution in [3.8, 4) is 0 Å². The zero-order valence-corrected chi connectivity index (χ0v) is 8.32. The fourth-order valence-corrected chi connectivity index (χ4v) is 1.10. The number of primary amides is 1. The van der Waals surface area contributed by atoms with Crippen molar-refractivity contribution >= 4 is 5.91 Å². The van der Waals surface area contributed by atoms with E-state index in [1.165, 1.54) is 0 Å². The minimum atomic E-state index is -0.992. The summed E-state index contributed by atoms with van der Waals surface area (Å²) >= 11 is 0. The van der Waals surface area contributed by atoms with Gasteiger partial charge < -0.3 is 10.8 Å². The van der Waals surface area contributed by atoms with Crippen molar-refractivity contribution in [2.24, 2.45) is 5.73 Å². The molecule has 0 spiro atoms. The highest BCUT2D eigenvalue weighted by atomic mass is 16.3. The Morgan fingerprint density at radius 2 is 2.21 bits per heavy atom. The Labute approximate surface area is 82.8 Å². The SMILES string of the molecule is CC(C)(O)c1cccc(CC(N)=O)n1. The van der Waals surface area contributed by atoms with E-state index in [0.717, 1.165) is 0 Å². The van der Waals surface area contributed by atoms with Crippen LogP contribution in [0.5, 0.6) is 0 Å². The van der Waals surface area contributed by atoms with Crippen LogP contribution in [0.2, 0.25) is 0 Å². The lowest BCUT2D eigenvalue weighted by Crippen LogP contribution is -2.20. The molecule has 0 unspecified atom stereocenters. The highest BCUT2D eigenvalue weighted by Crippen LogP contribution is 2.17. The van der Waals surface area contributed by atoms with Crippen LogP contribution in [0.4, 0.5) is 0 Å². The van der Waals surface area contributed by atoms with Crippen LogP contribution >= 0.6 is 0 Å². The summed E-state index contributed by atoms with van der Waals surface area (Å²) in [6.45, 7) is 3.28. The minimum absolute atomic E-state index is 0.101. The number of rotatable bonds is 3. The van der Waals surface area contributed by atoms with Gasteiger partial charge in [-0.25, -0.2) is 0 Å². The van der Waals surface area contributed by atoms with Gasteiger partial charge in [0.15, 0.2) is 0 Å². The standard InChI is InChI=1S/C10H14N2O2/c1-10(2,14)8-5-3-4-7(12-8)6-9(11)13/h3-5,14H,6H2,1-2H3,(H2,11,13). The summed E-state index contributed by atoms with van der Waals surface area (Å²) in [7, 11) is 0. The van der Waals surface area contributed by atoms with Crippen LogP contribution in [0.15, 0.2) is 18.2 Å². The molecule has 4 heteroatoms. The molecule has 0 aliphatic carbocycles. The third kappa shape index (κ3) is 2.81. The average molecular weight is 194 g/mol. The molecule has 0 aliphatic heterocycles. The fraction of sp³-hybridized carbons (Fsp3) is 0.400. The molecule has 14 heavy (non-hydrogen) atoms. The number of hydrogen-bond donors (Lipinski definition) is 2. The van der Waals surface area contributed by atoms with Gasteiger partial charge in [0.1, 0.15) is 5.60 Å². The van der Waals surface area contributed by atoms with Gasteiger partial charge in [-0.15, -0.1) is 0 Å². The number of hydrogen-bond acceptors (Lipinski definition) is 3. The Balaban J connectivity index is 2.95. The smallest absolute Gasteiger partial charge is 0.223 e. The molecule has 0 saturated carbocycles. The van der Waals surface area contributed by atoms with Crippen molar-refractivity contribution < 1.29 is 9.90 Å². The molecule has 0 saturated heterocycles. The van der Waals surface area contributed by atoms with Crippen molar-refractivity contribution in [2.45, 2.75) is 25.9 Å². The quantitative estimate of drug-likeness (QED) is 0.728. The summed E-state index contributed by atoms with van der Waals surface area (Å²) in [4.78, 5) is 14.8. The predicted octanol–water partition coefficient (Wildman–Crippen LogP) is 0.337. The number of nitrogens with two attached hydrogens (primary N) is 1. The molecule has 1 amide bonds. The van der Waals surface area contributed by atoms with E-state index in [-0.39, 0.29) is 6.42 Å². The Bertz CT molecular complexity index is 342. The molecule has 0 bridgehead atoms. The first-order valence-electron chi connectivity index (χ1n) is 4.36. The summed E-state index contributed by atoms with van der Waals surface area (Å²) in [5.41, 5.74) is 5.17. The van der Waals surface area contributed by atoms with Crippen LogP contribution in [0, 0.1) is 0 Å². The molecule has 3 N–H and O–H groups in total. The lowest BCUT2D eigenvalue weighted by Gasteiger charge is -2.16. The Hall–Kier alpha value is -1.42. The van der Waals surface area contributed by atoms with E-state index in [1.807, 2.05) is 0 Å². The molecule has 1 aromatic heterocycles. The fourth-order valence-electron chi connectivity index (χ4n) is 1.10. The number of nitrogens with zero attached hydrogens (tertiary/aromatic N) is 1. The molecule has 0 radical (unpaired) electrons. The first-order valence-corrected chi connectivity index (χ1v) is 4.36. The highest BCUT2D eigenvalue weighted by Gasteiger charge is 2.17. The number of aliphatic hydroxyl groups is 1. The molecule has 0 fully saturated rings. The second-order valence-electron chi connectivity index (χ2n) is 3.72. The molecule has 1 heterocycles. The normalized spacial score (nSPS) is 11.4. The average Bonchev–Trinajstić information content (AvgIpc) is 2.01. The van der Waals surface area contributed by atoms with E-state index in [4.69, 9.17) is 5.73 Å². The Morgan fingerprint density at radius 1 is 1.57 bits per heavy atom. The zero-order valence-electron chi connectivity index (χ0n) is 8.32. The van der Waals surface area contributed by atoms with E-state index in [0.29, 0.717) is 11.4 Å². The minimum Gasteiger partial charge on any atom is -0.384 e. The van der Waals surface area contributed by atoms with Crippen molar-refractivity contribution in [3.63, 3.8) is 0 Å². The first-order chi connectivity index (χ1) is 6.39. The van der Waals surface area contributed by atoms with Crippen molar-refractivity contribution in [1.29, 1.82) is 0 Å². The monoisotopic (exact) mass is 194 g/mol. The van der Waals surface area contributed by atoms with Crippen LogP contribution in [-0.4, -0.2) is 16.0 Å². The summed E-state index contributed by atoms with van der Waals surface area (Å²) in [5, 5.41) is 9.67. The Morgan fingerprint density at radius 3 is 2.71 bits per heavy atom. The van der Waals surface area contributed by atoms with Gasteiger partial charge in [0, 0.05) is 0 Å². The maximum atomic E-state index is 10.6. The molecular formula is C10H14N2O2. The van der Waals surface area contributed by atoms with Gasteiger partial charge in [-0.3, -0.25) is 9.78 Å². The van der Waals surface area contributed by atoms with Gasteiger partial charge in [0.25, 0.3) is 0 Å². The number of pyridine rings is 1. The third-order valence-corrected chi connectivity index (χ3v) is 1.79. The lowest BCUT2D eigenvalue weighted by atomic mass is 10.0. The summed E-state index contributed by atoms with van der Waals surface area (Å²) in [6, 6.07) is 5.17. The largest absolute Gasteiger partial charge is 0.384 e. The van der Waals surface area contributed by atoms with Crippen LogP contribution < -0.4 is 5.73 Å². The van der Waals surface area contributed by atoms with Crippen molar-refractivity contribution in [1.82, 2.24) is 4.98 Å². The summed E-state index contributed by atoms with van der Waals surface area (Å²) in [5.74, 6) is -0.426.